The molecule has 0 aliphatic carbocycles. The zero-order valence-electron chi connectivity index (χ0n) is 13.7. The molecule has 0 heterocycles. The van der Waals surface area contributed by atoms with E-state index in [4.69, 9.17) is 4.74 Å². The van der Waals surface area contributed by atoms with Gasteiger partial charge in [-0.3, -0.25) is 0 Å². The summed E-state index contributed by atoms with van der Waals surface area (Å²) in [5.74, 6) is 0. The maximum absolute atomic E-state index is 5.62. The van der Waals surface area contributed by atoms with Gasteiger partial charge in [0.25, 0.3) is 0 Å². The van der Waals surface area contributed by atoms with Gasteiger partial charge in [0.2, 0.25) is 0 Å². The zero-order valence-corrected chi connectivity index (χ0v) is 13.7. The summed E-state index contributed by atoms with van der Waals surface area (Å²) in [5.41, 5.74) is 0. The van der Waals surface area contributed by atoms with Crippen LogP contribution in [0.15, 0.2) is 0 Å². The molecule has 0 amide bonds. The third-order valence-electron chi connectivity index (χ3n) is 3.78. The lowest BCUT2D eigenvalue weighted by molar-refractivity contribution is 0.126. The predicted molar refractivity (Wildman–Crippen MR) is 86.8 cm³/mol. The Morgan fingerprint density at radius 2 is 0.737 bits per heavy atom. The van der Waals surface area contributed by atoms with E-state index in [0.717, 1.165) is 13.2 Å². The normalized spacial score (nSPS) is 11.1. The number of unbranched alkanes of at least 4 members (excludes halogenated alkanes) is 12. The Labute approximate surface area is 122 Å². The maximum Gasteiger partial charge on any atom is 0.0466 e. The summed E-state index contributed by atoms with van der Waals surface area (Å²) >= 11 is 0. The first-order chi connectivity index (χ1) is 9.41. The molecule has 0 aromatic heterocycles. The summed E-state index contributed by atoms with van der Waals surface area (Å²) in [7, 11) is 0. The van der Waals surface area contributed by atoms with Crippen LogP contribution in [0.4, 0.5) is 0 Å². The molecule has 0 atom stereocenters. The second-order valence-electron chi connectivity index (χ2n) is 5.86. The lowest BCUT2D eigenvalue weighted by Crippen LogP contribution is -1.96. The first-order valence-electron chi connectivity index (χ1n) is 8.99. The van der Waals surface area contributed by atoms with E-state index >= 15 is 0 Å². The highest BCUT2D eigenvalue weighted by molar-refractivity contribution is 4.48. The minimum absolute atomic E-state index is 0.978. The number of hydrogen-bond acceptors (Lipinski definition) is 1. The molecule has 0 unspecified atom stereocenters. The molecule has 0 aromatic carbocycles. The van der Waals surface area contributed by atoms with Crippen molar-refractivity contribution in [3.63, 3.8) is 0 Å². The Morgan fingerprint density at radius 1 is 0.421 bits per heavy atom. The second-order valence-corrected chi connectivity index (χ2v) is 5.86. The van der Waals surface area contributed by atoms with Gasteiger partial charge in [0, 0.05) is 13.2 Å². The smallest absolute Gasteiger partial charge is 0.0466 e. The van der Waals surface area contributed by atoms with E-state index in [9.17, 15) is 0 Å². The topological polar surface area (TPSA) is 9.23 Å². The molecule has 1 heteroatoms. The maximum atomic E-state index is 5.62. The molecule has 0 aliphatic rings. The van der Waals surface area contributed by atoms with Crippen LogP contribution >= 0.6 is 0 Å². The molecule has 1 nitrogen and oxygen atoms in total. The van der Waals surface area contributed by atoms with Crippen molar-refractivity contribution in [2.45, 2.75) is 104 Å². The molecule has 19 heavy (non-hydrogen) atoms. The summed E-state index contributed by atoms with van der Waals surface area (Å²) in [4.78, 5) is 0. The number of hydrogen-bond donors (Lipinski definition) is 0. The highest BCUT2D eigenvalue weighted by Crippen LogP contribution is 2.11. The fraction of sp³-hybridized carbons (Fsp3) is 1.00. The van der Waals surface area contributed by atoms with Crippen molar-refractivity contribution in [3.05, 3.63) is 0 Å². The van der Waals surface area contributed by atoms with Crippen LogP contribution in [0, 0.1) is 0 Å². The molecule has 0 N–H and O–H groups in total. The van der Waals surface area contributed by atoms with Gasteiger partial charge in [0.05, 0.1) is 0 Å². The Hall–Kier alpha value is -0.0400. The van der Waals surface area contributed by atoms with Crippen LogP contribution in [-0.4, -0.2) is 13.2 Å². The minimum atomic E-state index is 0.978. The Bertz CT molecular complexity index is 129. The van der Waals surface area contributed by atoms with Crippen LogP contribution in [0.2, 0.25) is 0 Å². The first kappa shape index (κ1) is 19.0. The van der Waals surface area contributed by atoms with Gasteiger partial charge in [-0.2, -0.15) is 0 Å². The van der Waals surface area contributed by atoms with Crippen LogP contribution in [0.3, 0.4) is 0 Å². The molecule has 0 fully saturated rings. The van der Waals surface area contributed by atoms with Crippen LogP contribution in [-0.2, 0) is 4.74 Å². The molecule has 0 radical (unpaired) electrons. The van der Waals surface area contributed by atoms with Gasteiger partial charge < -0.3 is 4.74 Å². The molecule has 116 valence electrons. The van der Waals surface area contributed by atoms with Crippen LogP contribution in [0.25, 0.3) is 0 Å². The van der Waals surface area contributed by atoms with Crippen molar-refractivity contribution in [3.8, 4) is 0 Å². The summed E-state index contributed by atoms with van der Waals surface area (Å²) in [6, 6.07) is 0. The zero-order chi connectivity index (χ0) is 14.0. The Kier molecular flexibility index (Phi) is 17.9. The van der Waals surface area contributed by atoms with Crippen LogP contribution in [0.1, 0.15) is 104 Å². The average Bonchev–Trinajstić information content (AvgIpc) is 2.43. The monoisotopic (exact) mass is 270 g/mol. The Morgan fingerprint density at radius 3 is 1.21 bits per heavy atom. The van der Waals surface area contributed by atoms with Crippen LogP contribution < -0.4 is 0 Å². The lowest BCUT2D eigenvalue weighted by atomic mass is 10.1. The van der Waals surface area contributed by atoms with Gasteiger partial charge in [0.1, 0.15) is 0 Å². The summed E-state index contributed by atoms with van der Waals surface area (Å²) in [6.07, 6.45) is 19.4. The van der Waals surface area contributed by atoms with E-state index in [2.05, 4.69) is 13.8 Å². The number of rotatable bonds is 16. The highest BCUT2D eigenvalue weighted by atomic mass is 16.5. The number of ether oxygens (including phenoxy) is 1. The Balaban J connectivity index is 2.88. The van der Waals surface area contributed by atoms with Crippen molar-refractivity contribution in [1.82, 2.24) is 0 Å². The molecular weight excluding hydrogens is 232 g/mol. The van der Waals surface area contributed by atoms with E-state index < -0.39 is 0 Å². The van der Waals surface area contributed by atoms with Crippen LogP contribution in [0.5, 0.6) is 0 Å². The highest BCUT2D eigenvalue weighted by Gasteiger charge is 1.93. The second kappa shape index (κ2) is 18.0. The molecular formula is C18H38O. The molecule has 0 aliphatic heterocycles. The molecule has 0 spiro atoms. The standard InChI is InChI=1S/C18H38O/c1-3-5-7-8-9-10-11-12-13-14-16-18-19-17-15-6-4-2/h3-18H2,1-2H3. The van der Waals surface area contributed by atoms with Gasteiger partial charge >= 0.3 is 0 Å². The van der Waals surface area contributed by atoms with Crippen molar-refractivity contribution >= 4 is 0 Å². The SMILES string of the molecule is CCCCCCCCCCCCCOCCCCC. The molecule has 0 saturated carbocycles. The summed E-state index contributed by atoms with van der Waals surface area (Å²) in [6.45, 7) is 6.49. The molecule has 0 rings (SSSR count). The third-order valence-corrected chi connectivity index (χ3v) is 3.78. The van der Waals surface area contributed by atoms with Crippen molar-refractivity contribution in [1.29, 1.82) is 0 Å². The summed E-state index contributed by atoms with van der Waals surface area (Å²) < 4.78 is 5.62. The fourth-order valence-electron chi connectivity index (χ4n) is 2.42. The van der Waals surface area contributed by atoms with Gasteiger partial charge in [-0.15, -0.1) is 0 Å². The predicted octanol–water partition coefficient (Wildman–Crippen LogP) is 6.50. The van der Waals surface area contributed by atoms with Crippen molar-refractivity contribution < 1.29 is 4.74 Å². The fourth-order valence-corrected chi connectivity index (χ4v) is 2.42. The van der Waals surface area contributed by atoms with E-state index in [1.54, 1.807) is 0 Å². The van der Waals surface area contributed by atoms with Gasteiger partial charge in [-0.1, -0.05) is 90.9 Å². The lowest BCUT2D eigenvalue weighted by Gasteiger charge is -2.04. The van der Waals surface area contributed by atoms with E-state index in [0.29, 0.717) is 0 Å². The molecule has 0 bridgehead atoms. The summed E-state index contributed by atoms with van der Waals surface area (Å²) in [5, 5.41) is 0. The third kappa shape index (κ3) is 18.0. The van der Waals surface area contributed by atoms with Crippen molar-refractivity contribution in [2.75, 3.05) is 13.2 Å². The van der Waals surface area contributed by atoms with E-state index in [1.807, 2.05) is 0 Å². The van der Waals surface area contributed by atoms with E-state index in [-0.39, 0.29) is 0 Å². The largest absolute Gasteiger partial charge is 0.381 e. The first-order valence-corrected chi connectivity index (χ1v) is 8.99. The molecule has 0 saturated heterocycles. The quantitative estimate of drug-likeness (QED) is 0.291. The minimum Gasteiger partial charge on any atom is -0.381 e. The van der Waals surface area contributed by atoms with Gasteiger partial charge in [-0.05, 0) is 12.8 Å². The van der Waals surface area contributed by atoms with Gasteiger partial charge in [-0.25, -0.2) is 0 Å². The van der Waals surface area contributed by atoms with E-state index in [1.165, 1.54) is 89.9 Å². The van der Waals surface area contributed by atoms with Crippen molar-refractivity contribution in [2.24, 2.45) is 0 Å². The van der Waals surface area contributed by atoms with Gasteiger partial charge in [0.15, 0.2) is 0 Å². The average molecular weight is 271 g/mol. The molecule has 0 aromatic rings.